The number of hydrogen-bond acceptors (Lipinski definition) is 5. The zero-order valence-electron chi connectivity index (χ0n) is 17.4. The Hall–Kier alpha value is -3.61. The van der Waals surface area contributed by atoms with Crippen molar-refractivity contribution in [2.75, 3.05) is 19.8 Å². The van der Waals surface area contributed by atoms with Gasteiger partial charge in [-0.2, -0.15) is 0 Å². The van der Waals surface area contributed by atoms with E-state index in [1.54, 1.807) is 6.92 Å². The molecule has 0 spiro atoms. The van der Waals surface area contributed by atoms with Crippen LogP contribution in [0.1, 0.15) is 30.4 Å². The Kier molecular flexibility index (Phi) is 7.43. The number of alkyl carbamates (subject to hydrolysis) is 1. The van der Waals surface area contributed by atoms with Gasteiger partial charge in [0.05, 0.1) is 6.61 Å². The molecule has 31 heavy (non-hydrogen) atoms. The van der Waals surface area contributed by atoms with Crippen LogP contribution in [0.5, 0.6) is 0 Å². The lowest BCUT2D eigenvalue weighted by atomic mass is 9.98. The summed E-state index contributed by atoms with van der Waals surface area (Å²) in [4.78, 5) is 36.2. The molecule has 0 aromatic heterocycles. The van der Waals surface area contributed by atoms with Crippen molar-refractivity contribution in [1.82, 2.24) is 10.6 Å². The number of nitrogens with one attached hydrogen (secondary N) is 2. The smallest absolute Gasteiger partial charge is 0.407 e. The molecule has 1 atom stereocenters. The van der Waals surface area contributed by atoms with Gasteiger partial charge >= 0.3 is 12.1 Å². The molecular weight excluding hydrogens is 396 g/mol. The molecule has 7 heteroatoms. The van der Waals surface area contributed by atoms with Gasteiger partial charge in [-0.15, -0.1) is 6.58 Å². The van der Waals surface area contributed by atoms with Crippen molar-refractivity contribution >= 4 is 18.0 Å². The van der Waals surface area contributed by atoms with Crippen LogP contribution in [0.2, 0.25) is 0 Å². The summed E-state index contributed by atoms with van der Waals surface area (Å²) in [6, 6.07) is 15.2. The first-order valence-corrected chi connectivity index (χ1v) is 10.2. The van der Waals surface area contributed by atoms with Gasteiger partial charge in [-0.05, 0) is 35.6 Å². The predicted molar refractivity (Wildman–Crippen MR) is 116 cm³/mol. The minimum Gasteiger partial charge on any atom is -0.465 e. The number of hydrogen-bond donors (Lipinski definition) is 2. The Morgan fingerprint density at radius 3 is 2.23 bits per heavy atom. The van der Waals surface area contributed by atoms with Crippen molar-refractivity contribution < 1.29 is 23.9 Å². The molecule has 1 aliphatic rings. The average molecular weight is 422 g/mol. The first-order chi connectivity index (χ1) is 15.0. The van der Waals surface area contributed by atoms with Crippen LogP contribution in [0.3, 0.4) is 0 Å². The van der Waals surface area contributed by atoms with Crippen LogP contribution in [-0.2, 0) is 19.1 Å². The van der Waals surface area contributed by atoms with Gasteiger partial charge in [0.15, 0.2) is 0 Å². The van der Waals surface area contributed by atoms with E-state index in [2.05, 4.69) is 29.3 Å². The van der Waals surface area contributed by atoms with Gasteiger partial charge < -0.3 is 20.1 Å². The SMILES string of the molecule is C=CC[C@H](NC(=O)OCC1c2ccccc2-c2ccccc21)C(=O)NCC(=O)OCC. The molecule has 0 saturated carbocycles. The highest BCUT2D eigenvalue weighted by atomic mass is 16.5. The Bertz CT molecular complexity index is 926. The molecule has 0 heterocycles. The highest BCUT2D eigenvalue weighted by Gasteiger charge is 2.29. The molecule has 2 aromatic rings. The molecule has 3 rings (SSSR count). The van der Waals surface area contributed by atoms with E-state index in [0.29, 0.717) is 0 Å². The van der Waals surface area contributed by atoms with Crippen molar-refractivity contribution in [3.8, 4) is 11.1 Å². The third-order valence-electron chi connectivity index (χ3n) is 5.07. The maximum absolute atomic E-state index is 12.4. The van der Waals surface area contributed by atoms with Crippen LogP contribution in [-0.4, -0.2) is 43.8 Å². The minimum absolute atomic E-state index is 0.0753. The molecule has 1 aliphatic carbocycles. The van der Waals surface area contributed by atoms with Crippen molar-refractivity contribution in [1.29, 1.82) is 0 Å². The Morgan fingerprint density at radius 1 is 1.03 bits per heavy atom. The number of amides is 2. The van der Waals surface area contributed by atoms with E-state index in [9.17, 15) is 14.4 Å². The molecular formula is C24H26N2O5. The molecule has 0 saturated heterocycles. The van der Waals surface area contributed by atoms with Gasteiger partial charge in [0.2, 0.25) is 5.91 Å². The summed E-state index contributed by atoms with van der Waals surface area (Å²) in [5, 5.41) is 5.00. The highest BCUT2D eigenvalue weighted by molar-refractivity contribution is 5.88. The molecule has 2 N–H and O–H groups in total. The van der Waals surface area contributed by atoms with Crippen LogP contribution in [0, 0.1) is 0 Å². The summed E-state index contributed by atoms with van der Waals surface area (Å²) in [5.74, 6) is -1.13. The van der Waals surface area contributed by atoms with Gasteiger partial charge in [-0.1, -0.05) is 54.6 Å². The Balaban J connectivity index is 1.60. The lowest BCUT2D eigenvalue weighted by Crippen LogP contribution is -2.48. The second-order valence-electron chi connectivity index (χ2n) is 7.07. The van der Waals surface area contributed by atoms with E-state index in [-0.39, 0.29) is 32.1 Å². The van der Waals surface area contributed by atoms with E-state index in [1.807, 2.05) is 36.4 Å². The molecule has 2 amide bonds. The van der Waals surface area contributed by atoms with Crippen LogP contribution in [0.4, 0.5) is 4.79 Å². The fourth-order valence-corrected chi connectivity index (χ4v) is 3.68. The second-order valence-corrected chi connectivity index (χ2v) is 7.07. The maximum atomic E-state index is 12.4. The summed E-state index contributed by atoms with van der Waals surface area (Å²) in [5.41, 5.74) is 4.47. The van der Waals surface area contributed by atoms with Crippen LogP contribution < -0.4 is 10.6 Å². The standard InChI is InChI=1S/C24H26N2O5/c1-3-9-21(23(28)25-14-22(27)30-4-2)26-24(29)31-15-20-18-12-7-5-10-16(18)17-11-6-8-13-19(17)20/h3,5-8,10-13,20-21H,1,4,9,14-15H2,2H3,(H,25,28)(H,26,29)/t21-/m0/s1. The molecule has 0 fully saturated rings. The summed E-state index contributed by atoms with van der Waals surface area (Å²) < 4.78 is 10.3. The zero-order valence-corrected chi connectivity index (χ0v) is 17.4. The topological polar surface area (TPSA) is 93.7 Å². The largest absolute Gasteiger partial charge is 0.465 e. The van der Waals surface area contributed by atoms with Crippen molar-refractivity contribution in [3.63, 3.8) is 0 Å². The quantitative estimate of drug-likeness (QED) is 0.478. The van der Waals surface area contributed by atoms with Gasteiger partial charge in [0.1, 0.15) is 19.2 Å². The molecule has 162 valence electrons. The second kappa shape index (κ2) is 10.4. The molecule has 2 aromatic carbocycles. The van der Waals surface area contributed by atoms with Crippen molar-refractivity contribution in [3.05, 3.63) is 72.3 Å². The van der Waals surface area contributed by atoms with E-state index in [0.717, 1.165) is 22.3 Å². The van der Waals surface area contributed by atoms with Crippen molar-refractivity contribution in [2.24, 2.45) is 0 Å². The number of carbonyl (C=O) groups excluding carboxylic acids is 3. The van der Waals surface area contributed by atoms with E-state index >= 15 is 0 Å². The summed E-state index contributed by atoms with van der Waals surface area (Å²) in [6.45, 7) is 5.39. The summed E-state index contributed by atoms with van der Waals surface area (Å²) in [7, 11) is 0. The van der Waals surface area contributed by atoms with Crippen LogP contribution in [0.15, 0.2) is 61.2 Å². The number of ether oxygens (including phenoxy) is 2. The number of fused-ring (bicyclic) bond motifs is 3. The first kappa shape index (κ1) is 22.1. The Morgan fingerprint density at radius 2 is 1.65 bits per heavy atom. The maximum Gasteiger partial charge on any atom is 0.407 e. The normalized spacial score (nSPS) is 12.8. The fraction of sp³-hybridized carbons (Fsp3) is 0.292. The number of esters is 1. The molecule has 0 radical (unpaired) electrons. The van der Waals surface area contributed by atoms with E-state index in [4.69, 9.17) is 9.47 Å². The Labute approximate surface area is 181 Å². The number of rotatable bonds is 9. The van der Waals surface area contributed by atoms with E-state index < -0.39 is 24.0 Å². The lowest BCUT2D eigenvalue weighted by molar-refractivity contribution is -0.143. The molecule has 7 nitrogen and oxygen atoms in total. The third kappa shape index (κ3) is 5.31. The first-order valence-electron chi connectivity index (χ1n) is 10.2. The van der Waals surface area contributed by atoms with Crippen LogP contribution >= 0.6 is 0 Å². The van der Waals surface area contributed by atoms with Crippen LogP contribution in [0.25, 0.3) is 11.1 Å². The molecule has 0 bridgehead atoms. The average Bonchev–Trinajstić information content (AvgIpc) is 3.10. The number of benzene rings is 2. The summed E-state index contributed by atoms with van der Waals surface area (Å²) in [6.07, 6.45) is 0.997. The zero-order chi connectivity index (χ0) is 22.2. The van der Waals surface area contributed by atoms with E-state index in [1.165, 1.54) is 6.08 Å². The third-order valence-corrected chi connectivity index (χ3v) is 5.07. The summed E-state index contributed by atoms with van der Waals surface area (Å²) >= 11 is 0. The van der Waals surface area contributed by atoms with Gasteiger partial charge in [-0.3, -0.25) is 9.59 Å². The molecule has 0 unspecified atom stereocenters. The van der Waals surface area contributed by atoms with Gasteiger partial charge in [0, 0.05) is 5.92 Å². The minimum atomic E-state index is -0.900. The monoisotopic (exact) mass is 422 g/mol. The molecule has 0 aliphatic heterocycles. The lowest BCUT2D eigenvalue weighted by Gasteiger charge is -2.18. The fourth-order valence-electron chi connectivity index (χ4n) is 3.68. The van der Waals surface area contributed by atoms with Gasteiger partial charge in [-0.25, -0.2) is 4.79 Å². The van der Waals surface area contributed by atoms with Crippen molar-refractivity contribution in [2.45, 2.75) is 25.3 Å². The highest BCUT2D eigenvalue weighted by Crippen LogP contribution is 2.44. The number of carbonyl (C=O) groups is 3. The van der Waals surface area contributed by atoms with Gasteiger partial charge in [0.25, 0.3) is 0 Å². The predicted octanol–water partition coefficient (Wildman–Crippen LogP) is 3.15.